The van der Waals surface area contributed by atoms with Crippen LogP contribution < -0.4 is 0 Å². The third-order valence-electron chi connectivity index (χ3n) is 5.70. The minimum Gasteiger partial charge on any atom is -0.466 e. The van der Waals surface area contributed by atoms with Crippen molar-refractivity contribution in [1.29, 1.82) is 0 Å². The number of ether oxygens (including phenoxy) is 1. The van der Waals surface area contributed by atoms with E-state index in [2.05, 4.69) is 25.7 Å². The molecule has 0 bridgehead atoms. The van der Waals surface area contributed by atoms with Gasteiger partial charge in [0, 0.05) is 25.9 Å². The van der Waals surface area contributed by atoms with Gasteiger partial charge in [-0.1, -0.05) is 91.4 Å². The normalized spacial score (nSPS) is 10.9. The van der Waals surface area contributed by atoms with E-state index in [4.69, 9.17) is 4.74 Å². The monoisotopic (exact) mass is 425 g/mol. The number of unbranched alkanes of at least 4 members (excludes halogenated alkanes) is 12. The van der Waals surface area contributed by atoms with Crippen LogP contribution in [0.5, 0.6) is 0 Å². The summed E-state index contributed by atoms with van der Waals surface area (Å²) in [6, 6.07) is 0. The van der Waals surface area contributed by atoms with E-state index >= 15 is 0 Å². The molecule has 0 spiro atoms. The summed E-state index contributed by atoms with van der Waals surface area (Å²) in [7, 11) is 0. The van der Waals surface area contributed by atoms with Crippen molar-refractivity contribution < 1.29 is 14.3 Å². The largest absolute Gasteiger partial charge is 0.466 e. The van der Waals surface area contributed by atoms with Crippen molar-refractivity contribution in [3.05, 3.63) is 0 Å². The molecule has 0 heterocycles. The number of hydrogen-bond donors (Lipinski definition) is 0. The lowest BCUT2D eigenvalue weighted by atomic mass is 10.1. The zero-order chi connectivity index (χ0) is 22.3. The average molecular weight is 426 g/mol. The van der Waals surface area contributed by atoms with Crippen LogP contribution in [0.4, 0.5) is 0 Å². The van der Waals surface area contributed by atoms with Crippen LogP contribution in [0.1, 0.15) is 136 Å². The van der Waals surface area contributed by atoms with Crippen molar-refractivity contribution >= 4 is 11.9 Å². The molecule has 4 heteroatoms. The van der Waals surface area contributed by atoms with Crippen LogP contribution >= 0.6 is 0 Å². The quantitative estimate of drug-likeness (QED) is 0.134. The van der Waals surface area contributed by atoms with Gasteiger partial charge in [0.05, 0.1) is 6.61 Å². The van der Waals surface area contributed by atoms with Crippen molar-refractivity contribution in [2.75, 3.05) is 19.7 Å². The second kappa shape index (κ2) is 22.6. The number of hydrogen-bond acceptors (Lipinski definition) is 3. The molecule has 0 saturated heterocycles. The Kier molecular flexibility index (Phi) is 21.8. The van der Waals surface area contributed by atoms with Crippen LogP contribution in [-0.4, -0.2) is 36.5 Å². The molecule has 0 saturated carbocycles. The molecule has 0 aliphatic heterocycles. The molecule has 0 aromatic rings. The minimum absolute atomic E-state index is 0.109. The number of carbonyl (C=O) groups is 2. The number of carbonyl (C=O) groups excluding carboxylic acids is 2. The van der Waals surface area contributed by atoms with Gasteiger partial charge in [0.25, 0.3) is 0 Å². The summed E-state index contributed by atoms with van der Waals surface area (Å²) >= 11 is 0. The predicted molar refractivity (Wildman–Crippen MR) is 128 cm³/mol. The van der Waals surface area contributed by atoms with E-state index in [1.54, 1.807) is 0 Å². The Morgan fingerprint density at radius 3 is 1.57 bits per heavy atom. The number of esters is 1. The van der Waals surface area contributed by atoms with Gasteiger partial charge >= 0.3 is 5.97 Å². The second-order valence-electron chi connectivity index (χ2n) is 8.70. The smallest absolute Gasteiger partial charge is 0.305 e. The first-order valence-electron chi connectivity index (χ1n) is 13.1. The average Bonchev–Trinajstić information content (AvgIpc) is 2.74. The van der Waals surface area contributed by atoms with Gasteiger partial charge in [-0.3, -0.25) is 9.59 Å². The van der Waals surface area contributed by atoms with Crippen LogP contribution in [0.3, 0.4) is 0 Å². The summed E-state index contributed by atoms with van der Waals surface area (Å²) in [4.78, 5) is 26.6. The van der Waals surface area contributed by atoms with Crippen LogP contribution in [0, 0.1) is 0 Å². The summed E-state index contributed by atoms with van der Waals surface area (Å²) in [6.45, 7) is 8.98. The fourth-order valence-electron chi connectivity index (χ4n) is 3.66. The Balaban J connectivity index is 4.04. The Bertz CT molecular complexity index is 384. The van der Waals surface area contributed by atoms with E-state index < -0.39 is 0 Å². The lowest BCUT2D eigenvalue weighted by molar-refractivity contribution is -0.144. The number of amides is 1. The highest BCUT2D eigenvalue weighted by atomic mass is 16.5. The maximum atomic E-state index is 12.7. The fraction of sp³-hybridized carbons (Fsp3) is 0.923. The summed E-state index contributed by atoms with van der Waals surface area (Å²) in [5, 5.41) is 0. The maximum Gasteiger partial charge on any atom is 0.305 e. The van der Waals surface area contributed by atoms with Crippen molar-refractivity contribution in [2.24, 2.45) is 0 Å². The molecule has 4 nitrogen and oxygen atoms in total. The molecule has 0 aliphatic carbocycles. The van der Waals surface area contributed by atoms with Crippen LogP contribution in [0.15, 0.2) is 0 Å². The lowest BCUT2D eigenvalue weighted by Gasteiger charge is -2.23. The van der Waals surface area contributed by atoms with E-state index in [1.165, 1.54) is 64.2 Å². The molecule has 0 rings (SSSR count). The molecule has 0 fully saturated rings. The zero-order valence-corrected chi connectivity index (χ0v) is 20.5. The Morgan fingerprint density at radius 2 is 1.03 bits per heavy atom. The highest BCUT2D eigenvalue weighted by Gasteiger charge is 2.13. The summed E-state index contributed by atoms with van der Waals surface area (Å²) in [5.74, 6) is 0.163. The van der Waals surface area contributed by atoms with E-state index in [9.17, 15) is 9.59 Å². The highest BCUT2D eigenvalue weighted by molar-refractivity contribution is 5.76. The van der Waals surface area contributed by atoms with Gasteiger partial charge < -0.3 is 9.64 Å². The third kappa shape index (κ3) is 18.9. The second-order valence-corrected chi connectivity index (χ2v) is 8.70. The number of nitrogens with zero attached hydrogens (tertiary/aromatic N) is 1. The fourth-order valence-corrected chi connectivity index (χ4v) is 3.66. The van der Waals surface area contributed by atoms with Crippen molar-refractivity contribution in [3.8, 4) is 0 Å². The minimum atomic E-state index is -0.109. The third-order valence-corrected chi connectivity index (χ3v) is 5.70. The van der Waals surface area contributed by atoms with Gasteiger partial charge in [-0.25, -0.2) is 0 Å². The topological polar surface area (TPSA) is 46.6 Å². The molecule has 0 atom stereocenters. The molecular formula is C26H51NO3. The van der Waals surface area contributed by atoms with Crippen LogP contribution in [-0.2, 0) is 14.3 Å². The van der Waals surface area contributed by atoms with E-state index in [0.717, 1.165) is 51.6 Å². The van der Waals surface area contributed by atoms with Crippen molar-refractivity contribution in [1.82, 2.24) is 4.90 Å². The van der Waals surface area contributed by atoms with Gasteiger partial charge in [0.2, 0.25) is 5.91 Å². The maximum absolute atomic E-state index is 12.7. The van der Waals surface area contributed by atoms with Crippen LogP contribution in [0.25, 0.3) is 0 Å². The van der Waals surface area contributed by atoms with Gasteiger partial charge in [-0.2, -0.15) is 0 Å². The molecule has 0 aromatic carbocycles. The molecular weight excluding hydrogens is 374 g/mol. The molecule has 178 valence electrons. The number of rotatable bonds is 22. The summed E-state index contributed by atoms with van der Waals surface area (Å²) in [5.41, 5.74) is 0. The molecule has 0 radical (unpaired) electrons. The van der Waals surface area contributed by atoms with Crippen molar-refractivity contribution in [3.63, 3.8) is 0 Å². The molecule has 0 aromatic heterocycles. The van der Waals surface area contributed by atoms with E-state index in [1.807, 2.05) is 0 Å². The van der Waals surface area contributed by atoms with E-state index in [0.29, 0.717) is 19.4 Å². The van der Waals surface area contributed by atoms with Crippen LogP contribution in [0.2, 0.25) is 0 Å². The van der Waals surface area contributed by atoms with E-state index in [-0.39, 0.29) is 11.9 Å². The highest BCUT2D eigenvalue weighted by Crippen LogP contribution is 2.11. The molecule has 1 amide bonds. The first-order valence-corrected chi connectivity index (χ1v) is 13.1. The van der Waals surface area contributed by atoms with Gasteiger partial charge in [0.1, 0.15) is 0 Å². The zero-order valence-electron chi connectivity index (χ0n) is 20.5. The Labute approximate surface area is 187 Å². The van der Waals surface area contributed by atoms with Crippen molar-refractivity contribution in [2.45, 2.75) is 136 Å². The summed E-state index contributed by atoms with van der Waals surface area (Å²) < 4.78 is 5.28. The molecule has 30 heavy (non-hydrogen) atoms. The first kappa shape index (κ1) is 28.9. The standard InChI is InChI=1S/C26H51NO3/c1-4-7-10-13-17-22-27(23-18-14-11-8-5-2)25(28)20-15-16-21-26(29)30-24-19-12-9-6-3/h4-24H2,1-3H3. The predicted octanol–water partition coefficient (Wildman–Crippen LogP) is 7.44. The van der Waals surface area contributed by atoms with Gasteiger partial charge in [0.15, 0.2) is 0 Å². The molecule has 0 N–H and O–H groups in total. The SMILES string of the molecule is CCCCCCCN(CCCCCCC)C(=O)CCCCC(=O)OCCCCCC. The van der Waals surface area contributed by atoms with Gasteiger partial charge in [-0.15, -0.1) is 0 Å². The molecule has 0 unspecified atom stereocenters. The Morgan fingerprint density at radius 1 is 0.567 bits per heavy atom. The molecule has 0 aliphatic rings. The Hall–Kier alpha value is -1.06. The van der Waals surface area contributed by atoms with Gasteiger partial charge in [-0.05, 0) is 32.1 Å². The summed E-state index contributed by atoms with van der Waals surface area (Å²) in [6.07, 6.45) is 19.3. The first-order chi connectivity index (χ1) is 14.7. The lowest BCUT2D eigenvalue weighted by Crippen LogP contribution is -2.32.